The molecule has 2 N–H and O–H groups in total. The SMILES string of the molecule is CC(=O)NCCN(C(=O)N(C)C(C)C)C(C)C(=O)O. The molecule has 0 bridgehead atoms. The van der Waals surface area contributed by atoms with Gasteiger partial charge in [0.15, 0.2) is 0 Å². The van der Waals surface area contributed by atoms with Crippen molar-refractivity contribution in [1.82, 2.24) is 15.1 Å². The Hall–Kier alpha value is -1.79. The number of urea groups is 1. The molecule has 0 saturated carbocycles. The summed E-state index contributed by atoms with van der Waals surface area (Å²) in [6.45, 7) is 6.88. The minimum absolute atomic E-state index is 0.0308. The fourth-order valence-electron chi connectivity index (χ4n) is 1.36. The fraction of sp³-hybridized carbons (Fsp3) is 0.750. The molecule has 19 heavy (non-hydrogen) atoms. The predicted octanol–water partition coefficient (Wildman–Crippen LogP) is 0.358. The van der Waals surface area contributed by atoms with Gasteiger partial charge in [0.25, 0.3) is 0 Å². The van der Waals surface area contributed by atoms with Gasteiger partial charge in [0, 0.05) is 33.1 Å². The maximum atomic E-state index is 12.2. The smallest absolute Gasteiger partial charge is 0.326 e. The van der Waals surface area contributed by atoms with Gasteiger partial charge in [-0.05, 0) is 20.8 Å². The maximum Gasteiger partial charge on any atom is 0.326 e. The van der Waals surface area contributed by atoms with Gasteiger partial charge in [0.05, 0.1) is 0 Å². The van der Waals surface area contributed by atoms with Crippen molar-refractivity contribution in [1.29, 1.82) is 0 Å². The molecular formula is C12H23N3O4. The molecule has 0 aliphatic heterocycles. The van der Waals surface area contributed by atoms with Crippen molar-refractivity contribution in [2.24, 2.45) is 0 Å². The Labute approximate surface area is 113 Å². The van der Waals surface area contributed by atoms with Crippen LogP contribution in [0.15, 0.2) is 0 Å². The average Bonchev–Trinajstić information content (AvgIpc) is 2.31. The first kappa shape index (κ1) is 17.2. The van der Waals surface area contributed by atoms with Crippen LogP contribution in [0.4, 0.5) is 4.79 Å². The number of carboxylic acids is 1. The minimum atomic E-state index is -1.08. The van der Waals surface area contributed by atoms with Gasteiger partial charge in [0.1, 0.15) is 6.04 Å². The van der Waals surface area contributed by atoms with Crippen LogP contribution in [-0.4, -0.2) is 65.0 Å². The summed E-state index contributed by atoms with van der Waals surface area (Å²) >= 11 is 0. The summed E-state index contributed by atoms with van der Waals surface area (Å²) in [5.74, 6) is -1.29. The molecule has 1 unspecified atom stereocenters. The van der Waals surface area contributed by atoms with Crippen LogP contribution in [0.1, 0.15) is 27.7 Å². The van der Waals surface area contributed by atoms with E-state index in [9.17, 15) is 14.4 Å². The second-order valence-electron chi connectivity index (χ2n) is 4.68. The van der Waals surface area contributed by atoms with Crippen molar-refractivity contribution in [2.75, 3.05) is 20.1 Å². The van der Waals surface area contributed by atoms with Crippen molar-refractivity contribution >= 4 is 17.9 Å². The highest BCUT2D eigenvalue weighted by molar-refractivity contribution is 5.82. The van der Waals surface area contributed by atoms with E-state index in [1.807, 2.05) is 13.8 Å². The summed E-state index contributed by atoms with van der Waals surface area (Å²) in [5.41, 5.74) is 0. The zero-order chi connectivity index (χ0) is 15.2. The van der Waals surface area contributed by atoms with E-state index >= 15 is 0 Å². The molecule has 3 amide bonds. The van der Waals surface area contributed by atoms with Gasteiger partial charge in [-0.2, -0.15) is 0 Å². The largest absolute Gasteiger partial charge is 0.480 e. The molecule has 0 saturated heterocycles. The van der Waals surface area contributed by atoms with E-state index in [0.29, 0.717) is 0 Å². The Morgan fingerprint density at radius 2 is 1.74 bits per heavy atom. The first-order valence-electron chi connectivity index (χ1n) is 6.19. The normalized spacial score (nSPS) is 11.9. The Balaban J connectivity index is 4.80. The Morgan fingerprint density at radius 3 is 2.11 bits per heavy atom. The van der Waals surface area contributed by atoms with Gasteiger partial charge in [-0.25, -0.2) is 9.59 Å². The van der Waals surface area contributed by atoms with Crippen LogP contribution in [0.5, 0.6) is 0 Å². The zero-order valence-electron chi connectivity index (χ0n) is 12.1. The first-order chi connectivity index (χ1) is 8.68. The number of nitrogens with one attached hydrogen (secondary N) is 1. The Kier molecular flexibility index (Phi) is 6.89. The fourth-order valence-corrected chi connectivity index (χ4v) is 1.36. The van der Waals surface area contributed by atoms with Crippen molar-refractivity contribution < 1.29 is 19.5 Å². The lowest BCUT2D eigenvalue weighted by Gasteiger charge is -2.32. The monoisotopic (exact) mass is 273 g/mol. The molecule has 1 atom stereocenters. The molecule has 0 aromatic rings. The van der Waals surface area contributed by atoms with Crippen molar-refractivity contribution in [3.05, 3.63) is 0 Å². The van der Waals surface area contributed by atoms with Crippen molar-refractivity contribution in [2.45, 2.75) is 39.8 Å². The van der Waals surface area contributed by atoms with Crippen LogP contribution < -0.4 is 5.32 Å². The molecule has 0 aliphatic rings. The molecule has 0 rings (SSSR count). The molecule has 110 valence electrons. The van der Waals surface area contributed by atoms with Crippen molar-refractivity contribution in [3.8, 4) is 0 Å². The van der Waals surface area contributed by atoms with Crippen LogP contribution >= 0.6 is 0 Å². The number of carbonyl (C=O) groups excluding carboxylic acids is 2. The first-order valence-corrected chi connectivity index (χ1v) is 6.19. The highest BCUT2D eigenvalue weighted by Crippen LogP contribution is 2.06. The molecule has 7 nitrogen and oxygen atoms in total. The molecule has 0 aromatic heterocycles. The topological polar surface area (TPSA) is 90.0 Å². The summed E-state index contributed by atoms with van der Waals surface area (Å²) in [6, 6.07) is -1.34. The molecule has 0 fully saturated rings. The minimum Gasteiger partial charge on any atom is -0.480 e. The van der Waals surface area contributed by atoms with Gasteiger partial charge in [-0.3, -0.25) is 4.79 Å². The van der Waals surface area contributed by atoms with Gasteiger partial charge >= 0.3 is 12.0 Å². The summed E-state index contributed by atoms with van der Waals surface area (Å²) in [5, 5.41) is 11.6. The molecule has 0 spiro atoms. The van der Waals surface area contributed by atoms with E-state index in [-0.39, 0.29) is 31.1 Å². The third-order valence-corrected chi connectivity index (χ3v) is 2.87. The number of hydrogen-bond donors (Lipinski definition) is 2. The van der Waals surface area contributed by atoms with Gasteiger partial charge in [-0.1, -0.05) is 0 Å². The summed E-state index contributed by atoms with van der Waals surface area (Å²) < 4.78 is 0. The number of amides is 3. The molecule has 0 aliphatic carbocycles. The van der Waals surface area contributed by atoms with E-state index in [1.54, 1.807) is 7.05 Å². The molecule has 0 aromatic carbocycles. The number of rotatable bonds is 6. The van der Waals surface area contributed by atoms with Crippen LogP contribution in [0.3, 0.4) is 0 Å². The second-order valence-corrected chi connectivity index (χ2v) is 4.68. The second kappa shape index (κ2) is 7.60. The molecule has 0 heterocycles. The number of carboxylic acid groups (broad SMARTS) is 1. The Bertz CT molecular complexity index is 344. The standard InChI is InChI=1S/C12H23N3O4/c1-8(2)14(5)12(19)15(9(3)11(17)18)7-6-13-10(4)16/h8-9H,6-7H2,1-5H3,(H,13,16)(H,17,18). The maximum absolute atomic E-state index is 12.2. The van der Waals surface area contributed by atoms with E-state index in [4.69, 9.17) is 5.11 Å². The van der Waals surface area contributed by atoms with E-state index in [2.05, 4.69) is 5.32 Å². The number of carbonyl (C=O) groups is 3. The quantitative estimate of drug-likeness (QED) is 0.731. The van der Waals surface area contributed by atoms with Gasteiger partial charge in [0.2, 0.25) is 5.91 Å². The third-order valence-electron chi connectivity index (χ3n) is 2.87. The molecular weight excluding hydrogens is 250 g/mol. The van der Waals surface area contributed by atoms with E-state index in [1.165, 1.54) is 23.6 Å². The lowest BCUT2D eigenvalue weighted by Crippen LogP contribution is -2.52. The van der Waals surface area contributed by atoms with Gasteiger partial charge in [-0.15, -0.1) is 0 Å². The number of aliphatic carboxylic acids is 1. The van der Waals surface area contributed by atoms with E-state index < -0.39 is 12.0 Å². The van der Waals surface area contributed by atoms with Crippen molar-refractivity contribution in [3.63, 3.8) is 0 Å². The number of nitrogens with zero attached hydrogens (tertiary/aromatic N) is 2. The number of hydrogen-bond acceptors (Lipinski definition) is 3. The molecule has 7 heteroatoms. The Morgan fingerprint density at radius 1 is 1.21 bits per heavy atom. The predicted molar refractivity (Wildman–Crippen MR) is 70.8 cm³/mol. The average molecular weight is 273 g/mol. The lowest BCUT2D eigenvalue weighted by atomic mass is 10.2. The van der Waals surface area contributed by atoms with Crippen LogP contribution in [0.25, 0.3) is 0 Å². The van der Waals surface area contributed by atoms with E-state index in [0.717, 1.165) is 0 Å². The summed E-state index contributed by atoms with van der Waals surface area (Å²) in [4.78, 5) is 36.7. The third kappa shape index (κ3) is 5.58. The summed E-state index contributed by atoms with van der Waals surface area (Å²) in [6.07, 6.45) is 0. The van der Waals surface area contributed by atoms with Gasteiger partial charge < -0.3 is 20.2 Å². The van der Waals surface area contributed by atoms with Crippen LogP contribution in [0, 0.1) is 0 Å². The molecule has 0 radical (unpaired) electrons. The zero-order valence-corrected chi connectivity index (χ0v) is 12.1. The highest BCUT2D eigenvalue weighted by Gasteiger charge is 2.28. The summed E-state index contributed by atoms with van der Waals surface area (Å²) in [7, 11) is 1.62. The van der Waals surface area contributed by atoms with Crippen LogP contribution in [0.2, 0.25) is 0 Å². The van der Waals surface area contributed by atoms with Crippen LogP contribution in [-0.2, 0) is 9.59 Å². The highest BCUT2D eigenvalue weighted by atomic mass is 16.4. The lowest BCUT2D eigenvalue weighted by molar-refractivity contribution is -0.141.